The number of hydrogen-bond donors (Lipinski definition) is 4. The molecule has 0 bridgehead atoms. The van der Waals surface area contributed by atoms with E-state index in [-0.39, 0.29) is 31.3 Å². The Balaban J connectivity index is 1.22. The van der Waals surface area contributed by atoms with Crippen molar-refractivity contribution < 1.29 is 33.1 Å². The van der Waals surface area contributed by atoms with Crippen LogP contribution in [0.5, 0.6) is 0 Å². The monoisotopic (exact) mass is 569 g/mol. The number of benzene rings is 3. The van der Waals surface area contributed by atoms with E-state index in [1.54, 1.807) is 48.5 Å². The highest BCUT2D eigenvalue weighted by Gasteiger charge is 2.17. The van der Waals surface area contributed by atoms with Crippen LogP contribution in [0.25, 0.3) is 0 Å². The van der Waals surface area contributed by atoms with Gasteiger partial charge < -0.3 is 24.9 Å². The van der Waals surface area contributed by atoms with Gasteiger partial charge in [0.2, 0.25) is 5.96 Å². The largest absolute Gasteiger partial charge is 0.446 e. The van der Waals surface area contributed by atoms with Crippen LogP contribution in [-0.4, -0.2) is 30.0 Å². The van der Waals surface area contributed by atoms with Crippen molar-refractivity contribution in [1.82, 2.24) is 10.6 Å². The summed E-state index contributed by atoms with van der Waals surface area (Å²) >= 11 is 0. The zero-order valence-electron chi connectivity index (χ0n) is 22.2. The molecule has 0 unspecified atom stereocenters. The Kier molecular flexibility index (Phi) is 10.0. The molecule has 0 saturated carbocycles. The number of carbonyl (C=O) groups is 4. The lowest BCUT2D eigenvalue weighted by Crippen LogP contribution is -2.37. The molecule has 1 aromatic heterocycles. The summed E-state index contributed by atoms with van der Waals surface area (Å²) in [7, 11) is 0. The number of nitrogens with zero attached hydrogens (tertiary/aromatic N) is 1. The smallest absolute Gasteiger partial charge is 0.437 e. The minimum atomic E-state index is -0.987. The van der Waals surface area contributed by atoms with Gasteiger partial charge in [-0.05, 0) is 41.0 Å². The highest BCUT2D eigenvalue weighted by Crippen LogP contribution is 2.13. The molecule has 0 aliphatic rings. The molecule has 42 heavy (non-hydrogen) atoms. The third-order valence-corrected chi connectivity index (χ3v) is 5.55. The summed E-state index contributed by atoms with van der Waals surface area (Å²) in [4.78, 5) is 52.4. The van der Waals surface area contributed by atoms with Crippen LogP contribution < -0.4 is 21.7 Å². The number of furan rings is 1. The number of aliphatic imine (C=N–C) groups is 1. The first-order chi connectivity index (χ1) is 20.4. The molecule has 12 nitrogen and oxygen atoms in total. The molecule has 4 amide bonds. The number of guanidine groups is 1. The maximum absolute atomic E-state index is 12.6. The molecule has 12 heteroatoms. The standard InChI is InChI=1S/C30H27N5O7/c31-28(35-30(39)41-19-21-10-5-2-6-11-21)34-27(37)25-15-14-24(42-25)26(36)32-17-22-12-7-13-23(16-22)33-29(38)40-18-20-8-3-1-4-9-20/h1-16H,17-19H2,(H,32,36)(H,33,38)(H3,31,34,35,37,39). The highest BCUT2D eigenvalue weighted by molar-refractivity contribution is 6.06. The van der Waals surface area contributed by atoms with Gasteiger partial charge in [0.1, 0.15) is 13.2 Å². The molecule has 214 valence electrons. The number of rotatable bonds is 9. The van der Waals surface area contributed by atoms with E-state index in [9.17, 15) is 19.2 Å². The second-order valence-corrected chi connectivity index (χ2v) is 8.73. The van der Waals surface area contributed by atoms with Crippen LogP contribution in [0, 0.1) is 0 Å². The molecule has 1 heterocycles. The van der Waals surface area contributed by atoms with Crippen LogP contribution in [-0.2, 0) is 29.2 Å². The van der Waals surface area contributed by atoms with Crippen molar-refractivity contribution in [1.29, 1.82) is 0 Å². The summed E-state index contributed by atoms with van der Waals surface area (Å²) in [5.74, 6) is -2.25. The van der Waals surface area contributed by atoms with Gasteiger partial charge in [0.25, 0.3) is 11.8 Å². The summed E-state index contributed by atoms with van der Waals surface area (Å²) in [6, 6.07) is 27.7. The summed E-state index contributed by atoms with van der Waals surface area (Å²) in [6.07, 6.45) is -1.60. The third-order valence-electron chi connectivity index (χ3n) is 5.55. The SMILES string of the molecule is NC(=NC(=O)OCc1ccccc1)NC(=O)c1ccc(C(=O)NCc2cccc(NC(=O)OCc3ccccc3)c2)o1. The highest BCUT2D eigenvalue weighted by atomic mass is 16.6. The van der Waals surface area contributed by atoms with Crippen molar-refractivity contribution in [3.63, 3.8) is 0 Å². The fourth-order valence-corrected chi connectivity index (χ4v) is 3.54. The fourth-order valence-electron chi connectivity index (χ4n) is 3.54. The Bertz CT molecular complexity index is 1570. The minimum absolute atomic E-state index is 0.0108. The van der Waals surface area contributed by atoms with E-state index in [0.29, 0.717) is 11.3 Å². The summed E-state index contributed by atoms with van der Waals surface area (Å²) in [5.41, 5.74) is 8.40. The van der Waals surface area contributed by atoms with E-state index in [4.69, 9.17) is 19.6 Å². The lowest BCUT2D eigenvalue weighted by atomic mass is 10.2. The molecule has 3 aromatic carbocycles. The Morgan fingerprint density at radius 2 is 1.31 bits per heavy atom. The van der Waals surface area contributed by atoms with Crippen LogP contribution in [0.2, 0.25) is 0 Å². The molecule has 0 atom stereocenters. The van der Waals surface area contributed by atoms with Crippen molar-refractivity contribution >= 4 is 35.6 Å². The Labute approximate surface area is 240 Å². The normalized spacial score (nSPS) is 10.8. The van der Waals surface area contributed by atoms with E-state index >= 15 is 0 Å². The average Bonchev–Trinajstić information content (AvgIpc) is 3.50. The number of carbonyl (C=O) groups excluding carboxylic acids is 4. The van der Waals surface area contributed by atoms with Gasteiger partial charge in [-0.25, -0.2) is 9.59 Å². The number of ether oxygens (including phenoxy) is 2. The van der Waals surface area contributed by atoms with Gasteiger partial charge >= 0.3 is 12.2 Å². The number of anilines is 1. The predicted molar refractivity (Wildman–Crippen MR) is 152 cm³/mol. The molecule has 0 saturated heterocycles. The molecule has 4 aromatic rings. The molecule has 0 spiro atoms. The van der Waals surface area contributed by atoms with Gasteiger partial charge in [0.05, 0.1) is 0 Å². The number of nitrogens with one attached hydrogen (secondary N) is 3. The zero-order valence-corrected chi connectivity index (χ0v) is 22.2. The van der Waals surface area contributed by atoms with Crippen molar-refractivity contribution in [2.75, 3.05) is 5.32 Å². The van der Waals surface area contributed by atoms with Crippen LogP contribution in [0.3, 0.4) is 0 Å². The summed E-state index contributed by atoms with van der Waals surface area (Å²) in [5, 5.41) is 7.51. The molecule has 4 rings (SSSR count). The van der Waals surface area contributed by atoms with E-state index < -0.39 is 30.0 Å². The first-order valence-electron chi connectivity index (χ1n) is 12.7. The fraction of sp³-hybridized carbons (Fsp3) is 0.100. The zero-order chi connectivity index (χ0) is 29.7. The first-order valence-corrected chi connectivity index (χ1v) is 12.7. The molecular weight excluding hydrogens is 542 g/mol. The van der Waals surface area contributed by atoms with Crippen LogP contribution in [0.4, 0.5) is 15.3 Å². The maximum Gasteiger partial charge on any atom is 0.437 e. The van der Waals surface area contributed by atoms with Crippen molar-refractivity contribution in [2.24, 2.45) is 10.7 Å². The average molecular weight is 570 g/mol. The molecule has 0 aliphatic heterocycles. The lowest BCUT2D eigenvalue weighted by Gasteiger charge is -2.09. The van der Waals surface area contributed by atoms with Gasteiger partial charge in [0, 0.05) is 12.2 Å². The van der Waals surface area contributed by atoms with E-state index in [1.165, 1.54) is 12.1 Å². The third kappa shape index (κ3) is 9.09. The minimum Gasteiger partial charge on any atom is -0.446 e. The van der Waals surface area contributed by atoms with E-state index in [2.05, 4.69) is 20.9 Å². The Morgan fingerprint density at radius 3 is 1.98 bits per heavy atom. The Morgan fingerprint density at radius 1 is 0.714 bits per heavy atom. The van der Waals surface area contributed by atoms with Gasteiger partial charge in [-0.3, -0.25) is 20.2 Å². The number of nitrogens with two attached hydrogens (primary N) is 1. The van der Waals surface area contributed by atoms with Crippen molar-refractivity contribution in [3.05, 3.63) is 125 Å². The van der Waals surface area contributed by atoms with Gasteiger partial charge in [-0.15, -0.1) is 4.99 Å². The van der Waals surface area contributed by atoms with Gasteiger partial charge in [-0.2, -0.15) is 0 Å². The topological polar surface area (TPSA) is 174 Å². The molecular formula is C30H27N5O7. The van der Waals surface area contributed by atoms with Crippen LogP contribution in [0.1, 0.15) is 37.8 Å². The van der Waals surface area contributed by atoms with Crippen LogP contribution >= 0.6 is 0 Å². The predicted octanol–water partition coefficient (Wildman–Crippen LogP) is 4.34. The van der Waals surface area contributed by atoms with E-state index in [1.807, 2.05) is 36.4 Å². The van der Waals surface area contributed by atoms with Crippen molar-refractivity contribution in [3.8, 4) is 0 Å². The second-order valence-electron chi connectivity index (χ2n) is 8.73. The first kappa shape index (κ1) is 29.1. The molecule has 0 aliphatic carbocycles. The number of hydrogen-bond acceptors (Lipinski definition) is 7. The van der Waals surface area contributed by atoms with E-state index in [0.717, 1.165) is 11.1 Å². The number of amides is 4. The molecule has 5 N–H and O–H groups in total. The summed E-state index contributed by atoms with van der Waals surface area (Å²) < 4.78 is 15.5. The second kappa shape index (κ2) is 14.5. The quantitative estimate of drug-likeness (QED) is 0.170. The maximum atomic E-state index is 12.6. The molecule has 0 radical (unpaired) electrons. The van der Waals surface area contributed by atoms with Crippen molar-refractivity contribution in [2.45, 2.75) is 19.8 Å². The Hall–Kier alpha value is -5.91. The van der Waals surface area contributed by atoms with Gasteiger partial charge in [-0.1, -0.05) is 72.8 Å². The summed E-state index contributed by atoms with van der Waals surface area (Å²) in [6.45, 7) is 0.232. The lowest BCUT2D eigenvalue weighted by molar-refractivity contribution is 0.0908. The van der Waals surface area contributed by atoms with Crippen LogP contribution in [0.15, 0.2) is 106 Å². The molecule has 0 fully saturated rings. The van der Waals surface area contributed by atoms with Gasteiger partial charge in [0.15, 0.2) is 11.5 Å².